The van der Waals surface area contributed by atoms with Crippen LogP contribution in [0.4, 0.5) is 0 Å². The molecule has 0 spiro atoms. The van der Waals surface area contributed by atoms with E-state index in [1.165, 1.54) is 32.1 Å². The second-order valence-electron chi connectivity index (χ2n) is 6.30. The zero-order chi connectivity index (χ0) is 9.47. The molecule has 1 aliphatic heterocycles. The van der Waals surface area contributed by atoms with Crippen molar-refractivity contribution >= 4 is 8.07 Å². The van der Waals surface area contributed by atoms with Crippen molar-refractivity contribution in [3.63, 3.8) is 0 Å². The molecule has 0 aromatic rings. The average Bonchev–Trinajstić information content (AvgIpc) is 2.27. The molecule has 1 saturated heterocycles. The van der Waals surface area contributed by atoms with Crippen molar-refractivity contribution in [2.24, 2.45) is 11.8 Å². The summed E-state index contributed by atoms with van der Waals surface area (Å²) in [7, 11) is -0.850. The summed E-state index contributed by atoms with van der Waals surface area (Å²) >= 11 is 0. The lowest BCUT2D eigenvalue weighted by Crippen LogP contribution is -2.45. The number of piperidine rings is 1. The summed E-state index contributed by atoms with van der Waals surface area (Å²) in [4.78, 5) is 2.76. The molecular formula is C11H23NSi. The summed E-state index contributed by atoms with van der Waals surface area (Å²) in [5.41, 5.74) is 0. The molecule has 2 fully saturated rings. The van der Waals surface area contributed by atoms with Crippen LogP contribution in [0.25, 0.3) is 0 Å². The molecule has 2 atom stereocenters. The summed E-state index contributed by atoms with van der Waals surface area (Å²) in [5.74, 6) is 2.13. The largest absolute Gasteiger partial charge is 0.306 e. The van der Waals surface area contributed by atoms with Gasteiger partial charge < -0.3 is 4.90 Å². The lowest BCUT2D eigenvalue weighted by molar-refractivity contribution is 0.190. The van der Waals surface area contributed by atoms with E-state index in [4.69, 9.17) is 0 Å². The van der Waals surface area contributed by atoms with Gasteiger partial charge in [0.15, 0.2) is 0 Å². The molecule has 2 aliphatic rings. The van der Waals surface area contributed by atoms with Gasteiger partial charge in [0.05, 0.1) is 8.07 Å². The average molecular weight is 197 g/mol. The third kappa shape index (κ3) is 2.56. The van der Waals surface area contributed by atoms with Crippen molar-refractivity contribution < 1.29 is 0 Å². The minimum Gasteiger partial charge on any atom is -0.306 e. The van der Waals surface area contributed by atoms with Gasteiger partial charge in [0, 0.05) is 13.1 Å². The molecule has 0 N–H and O–H groups in total. The van der Waals surface area contributed by atoms with Crippen LogP contribution in [0.3, 0.4) is 0 Å². The highest BCUT2D eigenvalue weighted by Crippen LogP contribution is 2.36. The van der Waals surface area contributed by atoms with E-state index in [1.54, 1.807) is 6.42 Å². The molecule has 13 heavy (non-hydrogen) atoms. The van der Waals surface area contributed by atoms with E-state index in [1.807, 2.05) is 0 Å². The zero-order valence-corrected chi connectivity index (χ0v) is 10.3. The van der Waals surface area contributed by atoms with Crippen LogP contribution >= 0.6 is 0 Å². The van der Waals surface area contributed by atoms with Crippen molar-refractivity contribution in [2.45, 2.75) is 38.9 Å². The Morgan fingerprint density at radius 2 is 1.62 bits per heavy atom. The second-order valence-corrected chi connectivity index (χ2v) is 11.7. The van der Waals surface area contributed by atoms with E-state index < -0.39 is 8.07 Å². The smallest absolute Gasteiger partial charge is 0.0599 e. The maximum Gasteiger partial charge on any atom is 0.0599 e. The van der Waals surface area contributed by atoms with E-state index in [0.717, 1.165) is 11.8 Å². The van der Waals surface area contributed by atoms with E-state index in [9.17, 15) is 0 Å². The third-order valence-corrected chi connectivity index (χ3v) is 4.78. The molecule has 1 aliphatic carbocycles. The van der Waals surface area contributed by atoms with Crippen LogP contribution in [0, 0.1) is 11.8 Å². The van der Waals surface area contributed by atoms with Gasteiger partial charge in [-0.15, -0.1) is 0 Å². The fourth-order valence-electron chi connectivity index (χ4n) is 3.11. The Bertz CT molecular complexity index is 173. The molecule has 1 saturated carbocycles. The summed E-state index contributed by atoms with van der Waals surface area (Å²) in [6, 6.07) is 0. The molecule has 1 heterocycles. The maximum atomic E-state index is 2.76. The molecule has 2 heteroatoms. The van der Waals surface area contributed by atoms with Crippen molar-refractivity contribution in [3.05, 3.63) is 0 Å². The van der Waals surface area contributed by atoms with Crippen LogP contribution < -0.4 is 0 Å². The Morgan fingerprint density at radius 1 is 1.08 bits per heavy atom. The van der Waals surface area contributed by atoms with Crippen LogP contribution in [0.2, 0.25) is 19.6 Å². The van der Waals surface area contributed by atoms with E-state index in [0.29, 0.717) is 0 Å². The molecule has 0 aromatic carbocycles. The summed E-state index contributed by atoms with van der Waals surface area (Å²) in [6.45, 7) is 10.3. The minimum atomic E-state index is -0.850. The van der Waals surface area contributed by atoms with Gasteiger partial charge in [0.1, 0.15) is 0 Å². The normalized spacial score (nSPS) is 35.3. The van der Waals surface area contributed by atoms with Crippen molar-refractivity contribution in [2.75, 3.05) is 19.3 Å². The van der Waals surface area contributed by atoms with E-state index >= 15 is 0 Å². The van der Waals surface area contributed by atoms with Gasteiger partial charge in [-0.1, -0.05) is 19.6 Å². The third-order valence-electron chi connectivity index (χ3n) is 3.38. The highest BCUT2D eigenvalue weighted by Gasteiger charge is 2.34. The second kappa shape index (κ2) is 3.39. The lowest BCUT2D eigenvalue weighted by Gasteiger charge is -2.35. The summed E-state index contributed by atoms with van der Waals surface area (Å²) in [5, 5.41) is 0. The van der Waals surface area contributed by atoms with Gasteiger partial charge in [-0.3, -0.25) is 0 Å². The molecule has 0 aromatic heterocycles. The molecule has 0 amide bonds. The Balaban J connectivity index is 1.88. The van der Waals surface area contributed by atoms with Crippen LogP contribution in [0.5, 0.6) is 0 Å². The molecule has 76 valence electrons. The molecule has 1 nitrogen and oxygen atoms in total. The highest BCUT2D eigenvalue weighted by atomic mass is 28.3. The van der Waals surface area contributed by atoms with Crippen LogP contribution in [-0.4, -0.2) is 32.2 Å². The Hall–Kier alpha value is 0.177. The van der Waals surface area contributed by atoms with Gasteiger partial charge in [-0.2, -0.15) is 0 Å². The summed E-state index contributed by atoms with van der Waals surface area (Å²) in [6.07, 6.45) is 6.02. The number of likely N-dealkylation sites (tertiary alicyclic amines) is 1. The monoisotopic (exact) mass is 197 g/mol. The molecule has 2 bridgehead atoms. The van der Waals surface area contributed by atoms with Gasteiger partial charge in [0.2, 0.25) is 0 Å². The van der Waals surface area contributed by atoms with Gasteiger partial charge in [-0.25, -0.2) is 0 Å². The van der Waals surface area contributed by atoms with E-state index in [2.05, 4.69) is 24.5 Å². The predicted molar refractivity (Wildman–Crippen MR) is 60.6 cm³/mol. The van der Waals surface area contributed by atoms with Gasteiger partial charge >= 0.3 is 0 Å². The zero-order valence-electron chi connectivity index (χ0n) is 9.34. The van der Waals surface area contributed by atoms with Crippen molar-refractivity contribution in [3.8, 4) is 0 Å². The van der Waals surface area contributed by atoms with Crippen LogP contribution in [-0.2, 0) is 0 Å². The quantitative estimate of drug-likeness (QED) is 0.615. The number of nitrogens with zero attached hydrogens (tertiary/aromatic N) is 1. The fraction of sp³-hybridized carbons (Fsp3) is 1.00. The van der Waals surface area contributed by atoms with Gasteiger partial charge in [0.25, 0.3) is 0 Å². The van der Waals surface area contributed by atoms with Crippen molar-refractivity contribution in [1.82, 2.24) is 4.90 Å². The topological polar surface area (TPSA) is 3.24 Å². The molecule has 0 radical (unpaired) electrons. The van der Waals surface area contributed by atoms with Crippen LogP contribution in [0.1, 0.15) is 19.3 Å². The number of fused-ring (bicyclic) bond motifs is 2. The fourth-order valence-corrected chi connectivity index (χ4v) is 4.71. The first kappa shape index (κ1) is 9.72. The molecular weight excluding hydrogens is 174 g/mol. The Labute approximate surface area is 83.5 Å². The number of hydrogen-bond donors (Lipinski definition) is 0. The predicted octanol–water partition coefficient (Wildman–Crippen LogP) is 2.60. The summed E-state index contributed by atoms with van der Waals surface area (Å²) < 4.78 is 0. The van der Waals surface area contributed by atoms with Crippen molar-refractivity contribution in [1.29, 1.82) is 0 Å². The minimum absolute atomic E-state index is 0.850. The number of hydrogen-bond acceptors (Lipinski definition) is 1. The lowest BCUT2D eigenvalue weighted by atomic mass is 10.00. The first-order valence-corrected chi connectivity index (χ1v) is 9.46. The Kier molecular flexibility index (Phi) is 2.54. The van der Waals surface area contributed by atoms with Crippen LogP contribution in [0.15, 0.2) is 0 Å². The SMILES string of the molecule is C[Si](C)(C)CN1CC2CCC(C2)C1. The first-order valence-electron chi connectivity index (χ1n) is 5.75. The standard InChI is InChI=1S/C11H23NSi/c1-13(2,3)9-12-7-10-4-5-11(6-10)8-12/h10-11H,4-9H2,1-3H3. The van der Waals surface area contributed by atoms with E-state index in [-0.39, 0.29) is 0 Å². The van der Waals surface area contributed by atoms with Gasteiger partial charge in [-0.05, 0) is 37.3 Å². The Morgan fingerprint density at radius 3 is 2.08 bits per heavy atom. The molecule has 2 unspecified atom stereocenters. The first-order chi connectivity index (χ1) is 6.03. The highest BCUT2D eigenvalue weighted by molar-refractivity contribution is 6.76. The number of rotatable bonds is 2. The molecule has 2 rings (SSSR count). The maximum absolute atomic E-state index is 2.76.